The van der Waals surface area contributed by atoms with Gasteiger partial charge in [0.25, 0.3) is 0 Å². The van der Waals surface area contributed by atoms with Crippen molar-refractivity contribution in [2.75, 3.05) is 5.73 Å². The van der Waals surface area contributed by atoms with Crippen LogP contribution in [0.15, 0.2) is 28.8 Å². The minimum absolute atomic E-state index is 0.508. The Balaban J connectivity index is 1.62. The molecule has 2 N–H and O–H groups in total. The Hall–Kier alpha value is -1.84. The van der Waals surface area contributed by atoms with Gasteiger partial charge in [0.15, 0.2) is 0 Å². The van der Waals surface area contributed by atoms with Gasteiger partial charge in [-0.2, -0.15) is 4.98 Å². The van der Waals surface area contributed by atoms with Crippen LogP contribution >= 0.6 is 0 Å². The van der Waals surface area contributed by atoms with Crippen molar-refractivity contribution >= 4 is 5.69 Å². The molecule has 1 aromatic carbocycles. The van der Waals surface area contributed by atoms with Crippen LogP contribution in [0.2, 0.25) is 0 Å². The van der Waals surface area contributed by atoms with E-state index in [1.54, 1.807) is 0 Å². The summed E-state index contributed by atoms with van der Waals surface area (Å²) in [6, 6.07) is 7.65. The summed E-state index contributed by atoms with van der Waals surface area (Å²) in [7, 11) is 0. The molecule has 2 fully saturated rings. The Bertz CT molecular complexity index is 595. The van der Waals surface area contributed by atoms with E-state index in [1.165, 1.54) is 25.7 Å². The van der Waals surface area contributed by atoms with E-state index in [0.29, 0.717) is 17.4 Å². The minimum Gasteiger partial charge on any atom is -0.398 e. The molecule has 2 unspecified atom stereocenters. The number of hydrogen-bond donors (Lipinski definition) is 1. The molecular formula is C15H17N3O. The fraction of sp³-hybridized carbons (Fsp3) is 0.467. The molecule has 1 heterocycles. The van der Waals surface area contributed by atoms with Crippen LogP contribution in [0.3, 0.4) is 0 Å². The fourth-order valence-corrected chi connectivity index (χ4v) is 3.54. The van der Waals surface area contributed by atoms with Crippen molar-refractivity contribution < 1.29 is 4.52 Å². The van der Waals surface area contributed by atoms with E-state index in [1.807, 2.05) is 24.3 Å². The number of benzene rings is 1. The first-order valence-corrected chi connectivity index (χ1v) is 7.03. The summed E-state index contributed by atoms with van der Waals surface area (Å²) < 4.78 is 5.47. The van der Waals surface area contributed by atoms with Crippen LogP contribution in [0.1, 0.15) is 37.5 Å². The van der Waals surface area contributed by atoms with Crippen LogP contribution in [0.4, 0.5) is 5.69 Å². The average molecular weight is 255 g/mol. The number of nitrogens with two attached hydrogens (primary N) is 1. The lowest BCUT2D eigenvalue weighted by molar-refractivity contribution is 0.373. The molecule has 2 aliphatic carbocycles. The number of para-hydroxylation sites is 1. The summed E-state index contributed by atoms with van der Waals surface area (Å²) in [6.45, 7) is 0. The zero-order chi connectivity index (χ0) is 12.8. The van der Waals surface area contributed by atoms with Crippen LogP contribution in [0.5, 0.6) is 0 Å². The van der Waals surface area contributed by atoms with Gasteiger partial charge in [-0.3, -0.25) is 0 Å². The highest BCUT2D eigenvalue weighted by atomic mass is 16.5. The van der Waals surface area contributed by atoms with Crippen molar-refractivity contribution in [1.82, 2.24) is 10.1 Å². The molecule has 0 radical (unpaired) electrons. The topological polar surface area (TPSA) is 64.9 Å². The van der Waals surface area contributed by atoms with Gasteiger partial charge in [-0.1, -0.05) is 30.1 Å². The molecule has 4 heteroatoms. The van der Waals surface area contributed by atoms with Crippen molar-refractivity contribution in [2.24, 2.45) is 11.8 Å². The van der Waals surface area contributed by atoms with Gasteiger partial charge >= 0.3 is 0 Å². The Kier molecular flexibility index (Phi) is 2.37. The standard InChI is InChI=1S/C15H17N3O/c16-12-8-4-3-7-11(12)14-17-15(19-18-14)13-9-5-1-2-6-10(9)13/h3-4,7-10,13H,1-2,5-6,16H2. The number of rotatable bonds is 2. The van der Waals surface area contributed by atoms with Gasteiger partial charge in [0.2, 0.25) is 11.7 Å². The summed E-state index contributed by atoms with van der Waals surface area (Å²) >= 11 is 0. The molecule has 4 rings (SSSR count). The monoisotopic (exact) mass is 255 g/mol. The molecular weight excluding hydrogens is 238 g/mol. The van der Waals surface area contributed by atoms with Crippen molar-refractivity contribution in [3.8, 4) is 11.4 Å². The van der Waals surface area contributed by atoms with Crippen LogP contribution in [-0.2, 0) is 0 Å². The van der Waals surface area contributed by atoms with Crippen LogP contribution < -0.4 is 5.73 Å². The third-order valence-corrected chi connectivity index (χ3v) is 4.59. The SMILES string of the molecule is Nc1ccccc1-c1noc(C2C3CCCCC32)n1. The largest absolute Gasteiger partial charge is 0.398 e. The molecule has 0 amide bonds. The quantitative estimate of drug-likeness (QED) is 0.837. The molecule has 4 nitrogen and oxygen atoms in total. The Labute approximate surface area is 112 Å². The molecule has 2 aromatic rings. The summed E-state index contributed by atoms with van der Waals surface area (Å²) in [5.74, 6) is 3.52. The van der Waals surface area contributed by atoms with Gasteiger partial charge in [-0.25, -0.2) is 0 Å². The molecule has 0 saturated heterocycles. The first-order valence-electron chi connectivity index (χ1n) is 7.03. The molecule has 2 atom stereocenters. The predicted octanol–water partition coefficient (Wildman–Crippen LogP) is 3.22. The molecule has 98 valence electrons. The number of anilines is 1. The Morgan fingerprint density at radius 1 is 1.11 bits per heavy atom. The average Bonchev–Trinajstić information content (AvgIpc) is 2.98. The summed E-state index contributed by atoms with van der Waals surface area (Å²) in [4.78, 5) is 4.57. The Morgan fingerprint density at radius 3 is 2.58 bits per heavy atom. The van der Waals surface area contributed by atoms with Gasteiger partial charge in [0.1, 0.15) is 0 Å². The Morgan fingerprint density at radius 2 is 1.84 bits per heavy atom. The van der Waals surface area contributed by atoms with Crippen LogP contribution in [0.25, 0.3) is 11.4 Å². The molecule has 2 aliphatic rings. The molecule has 2 saturated carbocycles. The zero-order valence-electron chi connectivity index (χ0n) is 10.7. The number of nitrogens with zero attached hydrogens (tertiary/aromatic N) is 2. The van der Waals surface area contributed by atoms with E-state index in [9.17, 15) is 0 Å². The van der Waals surface area contributed by atoms with Gasteiger partial charge in [-0.15, -0.1) is 0 Å². The second-order valence-corrected chi connectivity index (χ2v) is 5.68. The first kappa shape index (κ1) is 11.0. The highest BCUT2D eigenvalue weighted by molar-refractivity contribution is 5.70. The van der Waals surface area contributed by atoms with E-state index in [0.717, 1.165) is 23.3 Å². The lowest BCUT2D eigenvalue weighted by atomic mass is 10.0. The highest BCUT2D eigenvalue weighted by Crippen LogP contribution is 2.60. The lowest BCUT2D eigenvalue weighted by Gasteiger charge is -2.04. The molecule has 0 bridgehead atoms. The van der Waals surface area contributed by atoms with E-state index in [4.69, 9.17) is 10.3 Å². The van der Waals surface area contributed by atoms with Gasteiger partial charge < -0.3 is 10.3 Å². The van der Waals surface area contributed by atoms with E-state index in [2.05, 4.69) is 10.1 Å². The van der Waals surface area contributed by atoms with Crippen molar-refractivity contribution in [1.29, 1.82) is 0 Å². The molecule has 0 spiro atoms. The molecule has 1 aromatic heterocycles. The second kappa shape index (κ2) is 4.08. The zero-order valence-corrected chi connectivity index (χ0v) is 10.7. The normalized spacial score (nSPS) is 28.9. The summed E-state index contributed by atoms with van der Waals surface area (Å²) in [5, 5.41) is 4.10. The van der Waals surface area contributed by atoms with E-state index in [-0.39, 0.29) is 0 Å². The maximum atomic E-state index is 5.95. The minimum atomic E-state index is 0.508. The number of aromatic nitrogens is 2. The summed E-state index contributed by atoms with van der Waals surface area (Å²) in [5.41, 5.74) is 7.51. The third kappa shape index (κ3) is 1.74. The van der Waals surface area contributed by atoms with Crippen molar-refractivity contribution in [3.63, 3.8) is 0 Å². The number of fused-ring (bicyclic) bond motifs is 1. The van der Waals surface area contributed by atoms with Gasteiger partial charge in [-0.05, 0) is 36.8 Å². The predicted molar refractivity (Wildman–Crippen MR) is 72.3 cm³/mol. The summed E-state index contributed by atoms with van der Waals surface area (Å²) in [6.07, 6.45) is 5.34. The van der Waals surface area contributed by atoms with E-state index < -0.39 is 0 Å². The molecule has 0 aliphatic heterocycles. The number of nitrogen functional groups attached to an aromatic ring is 1. The first-order chi connectivity index (χ1) is 9.34. The van der Waals surface area contributed by atoms with E-state index >= 15 is 0 Å². The third-order valence-electron chi connectivity index (χ3n) is 4.59. The van der Waals surface area contributed by atoms with Gasteiger partial charge in [0.05, 0.1) is 0 Å². The molecule has 19 heavy (non-hydrogen) atoms. The maximum Gasteiger partial charge on any atom is 0.230 e. The maximum absolute atomic E-state index is 5.95. The van der Waals surface area contributed by atoms with Crippen molar-refractivity contribution in [3.05, 3.63) is 30.2 Å². The fourth-order valence-electron chi connectivity index (χ4n) is 3.54. The van der Waals surface area contributed by atoms with Crippen molar-refractivity contribution in [2.45, 2.75) is 31.6 Å². The van der Waals surface area contributed by atoms with Crippen LogP contribution in [0, 0.1) is 11.8 Å². The smallest absolute Gasteiger partial charge is 0.230 e. The number of hydrogen-bond acceptors (Lipinski definition) is 4. The van der Waals surface area contributed by atoms with Crippen LogP contribution in [-0.4, -0.2) is 10.1 Å². The lowest BCUT2D eigenvalue weighted by Crippen LogP contribution is -1.91. The highest BCUT2D eigenvalue weighted by Gasteiger charge is 2.54. The second-order valence-electron chi connectivity index (χ2n) is 5.68. The van der Waals surface area contributed by atoms with Gasteiger partial charge in [0, 0.05) is 17.2 Å².